The van der Waals surface area contributed by atoms with Gasteiger partial charge in [-0.3, -0.25) is 4.79 Å². The topological polar surface area (TPSA) is 121 Å². The lowest BCUT2D eigenvalue weighted by Gasteiger charge is -2.19. The number of rotatable bonds is 20. The molecule has 0 spiro atoms. The van der Waals surface area contributed by atoms with Crippen molar-refractivity contribution in [1.29, 1.82) is 5.26 Å². The van der Waals surface area contributed by atoms with Gasteiger partial charge in [-0.1, -0.05) is 51.5 Å². The van der Waals surface area contributed by atoms with Gasteiger partial charge in [0.05, 0.1) is 51.3 Å². The number of esters is 2. The maximum Gasteiger partial charge on any atom is 0.357 e. The van der Waals surface area contributed by atoms with Crippen molar-refractivity contribution in [2.24, 2.45) is 0 Å². The van der Waals surface area contributed by atoms with Crippen LogP contribution in [0, 0.1) is 11.3 Å². The highest BCUT2D eigenvalue weighted by atomic mass is 16.5. The molecule has 3 rings (SSSR count). The number of aryl methyl sites for hydroxylation is 1. The minimum atomic E-state index is -0.619. The van der Waals surface area contributed by atoms with E-state index in [9.17, 15) is 14.9 Å². The monoisotopic (exact) mass is 647 g/mol. The van der Waals surface area contributed by atoms with Crippen molar-refractivity contribution < 1.29 is 33.3 Å². The maximum absolute atomic E-state index is 13.6. The van der Waals surface area contributed by atoms with Crippen LogP contribution in [-0.4, -0.2) is 57.6 Å². The first-order chi connectivity index (χ1) is 22.8. The molecule has 0 saturated carbocycles. The summed E-state index contributed by atoms with van der Waals surface area (Å²) < 4.78 is 29.3. The standard InChI is InChI=1S/C37H49N3O7/c1-8-12-13-14-15-16-17-18-25-20-27-33(39-19-9-2)35(37(42)47-11-4)40(24-31(41)46-10-3)34(27)28(23-38)32(25)26-21-29(43-5)36(45-7)30(22-26)44-6/h9,20-22,39H,2,8,10-19,24H2,1,3-7H3. The number of nitrogens with one attached hydrogen (secondary N) is 1. The van der Waals surface area contributed by atoms with Crippen molar-refractivity contribution in [3.8, 4) is 34.4 Å². The van der Waals surface area contributed by atoms with Gasteiger partial charge >= 0.3 is 11.9 Å². The van der Waals surface area contributed by atoms with Crippen LogP contribution in [0.2, 0.25) is 0 Å². The second kappa shape index (κ2) is 18.5. The smallest absolute Gasteiger partial charge is 0.357 e. The van der Waals surface area contributed by atoms with E-state index >= 15 is 0 Å². The quantitative estimate of drug-likeness (QED) is 0.0743. The highest BCUT2D eigenvalue weighted by Crippen LogP contribution is 2.46. The van der Waals surface area contributed by atoms with Crippen molar-refractivity contribution in [2.45, 2.75) is 78.7 Å². The Bertz CT molecular complexity index is 1560. The maximum atomic E-state index is 13.6. The molecule has 0 unspecified atom stereocenters. The molecular weight excluding hydrogens is 598 g/mol. The fourth-order valence-corrected chi connectivity index (χ4v) is 5.97. The lowest BCUT2D eigenvalue weighted by Crippen LogP contribution is -2.20. The molecule has 1 heterocycles. The average Bonchev–Trinajstić information content (AvgIpc) is 3.37. The number of hydrogen-bond donors (Lipinski definition) is 1. The summed E-state index contributed by atoms with van der Waals surface area (Å²) in [7, 11) is 4.63. The number of nitrogens with zero attached hydrogens (tertiary/aromatic N) is 2. The number of benzene rings is 2. The predicted octanol–water partition coefficient (Wildman–Crippen LogP) is 7.84. The number of fused-ring (bicyclic) bond motifs is 1. The summed E-state index contributed by atoms with van der Waals surface area (Å²) >= 11 is 0. The largest absolute Gasteiger partial charge is 0.493 e. The molecule has 10 nitrogen and oxygen atoms in total. The van der Waals surface area contributed by atoms with Crippen molar-refractivity contribution in [1.82, 2.24) is 4.57 Å². The van der Waals surface area contributed by atoms with E-state index in [0.717, 1.165) is 24.8 Å². The van der Waals surface area contributed by atoms with Crippen LogP contribution in [0.25, 0.3) is 22.0 Å². The van der Waals surface area contributed by atoms with Gasteiger partial charge in [0.25, 0.3) is 0 Å². The molecule has 1 N–H and O–H groups in total. The number of nitriles is 1. The van der Waals surface area contributed by atoms with Crippen molar-refractivity contribution in [3.05, 3.63) is 47.7 Å². The van der Waals surface area contributed by atoms with Crippen LogP contribution in [0.3, 0.4) is 0 Å². The predicted molar refractivity (Wildman–Crippen MR) is 185 cm³/mol. The number of anilines is 1. The van der Waals surface area contributed by atoms with E-state index in [1.54, 1.807) is 34.1 Å². The van der Waals surface area contributed by atoms with Gasteiger partial charge in [0, 0.05) is 17.5 Å². The number of carbonyl (C=O) groups excluding carboxylic acids is 2. The first-order valence-electron chi connectivity index (χ1n) is 16.4. The number of aromatic nitrogens is 1. The Morgan fingerprint density at radius 2 is 1.55 bits per heavy atom. The van der Waals surface area contributed by atoms with Crippen molar-refractivity contribution in [3.63, 3.8) is 0 Å². The Balaban J connectivity index is 2.43. The molecule has 0 amide bonds. The summed E-state index contributed by atoms with van der Waals surface area (Å²) in [6.07, 6.45) is 10.3. The zero-order chi connectivity index (χ0) is 34.3. The van der Waals surface area contributed by atoms with Gasteiger partial charge in [0.15, 0.2) is 17.2 Å². The summed E-state index contributed by atoms with van der Waals surface area (Å²) in [6.45, 7) is 9.81. The van der Waals surface area contributed by atoms with E-state index in [1.807, 2.05) is 18.2 Å². The Labute approximate surface area is 278 Å². The van der Waals surface area contributed by atoms with Crippen LogP contribution in [0.1, 0.15) is 87.3 Å². The summed E-state index contributed by atoms with van der Waals surface area (Å²) in [5.74, 6) is 0.144. The summed E-state index contributed by atoms with van der Waals surface area (Å²) in [6, 6.07) is 8.09. The van der Waals surface area contributed by atoms with Crippen LogP contribution >= 0.6 is 0 Å². The molecule has 0 bridgehead atoms. The Hall–Kier alpha value is -4.65. The molecule has 0 radical (unpaired) electrons. The third-order valence-electron chi connectivity index (χ3n) is 8.03. The molecule has 3 aromatic rings. The number of carbonyl (C=O) groups is 2. The Morgan fingerprint density at radius 3 is 2.11 bits per heavy atom. The molecule has 2 aromatic carbocycles. The Kier molecular flexibility index (Phi) is 14.5. The number of methoxy groups -OCH3 is 3. The molecule has 0 atom stereocenters. The van der Waals surface area contributed by atoms with E-state index in [4.69, 9.17) is 23.7 Å². The first-order valence-corrected chi connectivity index (χ1v) is 16.4. The normalized spacial score (nSPS) is 10.7. The first kappa shape index (κ1) is 36.8. The van der Waals surface area contributed by atoms with E-state index in [-0.39, 0.29) is 25.5 Å². The molecular formula is C37H49N3O7. The second-order valence-corrected chi connectivity index (χ2v) is 11.1. The third-order valence-corrected chi connectivity index (χ3v) is 8.03. The zero-order valence-corrected chi connectivity index (χ0v) is 28.8. The summed E-state index contributed by atoms with van der Waals surface area (Å²) in [5, 5.41) is 14.8. The third kappa shape index (κ3) is 8.59. The molecule has 0 aliphatic rings. The lowest BCUT2D eigenvalue weighted by atomic mass is 9.89. The van der Waals surface area contributed by atoms with Crippen molar-refractivity contribution >= 4 is 28.5 Å². The van der Waals surface area contributed by atoms with Gasteiger partial charge in [-0.05, 0) is 56.0 Å². The van der Waals surface area contributed by atoms with Crippen LogP contribution < -0.4 is 19.5 Å². The van der Waals surface area contributed by atoms with Gasteiger partial charge in [0.1, 0.15) is 12.6 Å². The molecule has 0 aliphatic heterocycles. The van der Waals surface area contributed by atoms with E-state index < -0.39 is 11.9 Å². The molecule has 0 aliphatic carbocycles. The highest BCUT2D eigenvalue weighted by Gasteiger charge is 2.30. The SMILES string of the molecule is C=CCNc1c(C(=O)OCC)n(CC(=O)OCC)c2c(C#N)c(-c3cc(OC)c(OC)c(OC)c3)c(CCCCCCCCC)cc12. The van der Waals surface area contributed by atoms with E-state index in [0.29, 0.717) is 63.5 Å². The van der Waals surface area contributed by atoms with Gasteiger partial charge in [-0.25, -0.2) is 4.79 Å². The minimum Gasteiger partial charge on any atom is -0.493 e. The fourth-order valence-electron chi connectivity index (χ4n) is 5.97. The molecule has 254 valence electrons. The molecule has 10 heteroatoms. The number of unbranched alkanes of at least 4 members (excludes halogenated alkanes) is 6. The van der Waals surface area contributed by atoms with Crippen LogP contribution in [0.5, 0.6) is 17.2 Å². The Morgan fingerprint density at radius 1 is 0.915 bits per heavy atom. The molecule has 1 aromatic heterocycles. The number of ether oxygens (including phenoxy) is 5. The highest BCUT2D eigenvalue weighted by molar-refractivity contribution is 6.11. The minimum absolute atomic E-state index is 0.131. The van der Waals surface area contributed by atoms with Crippen molar-refractivity contribution in [2.75, 3.05) is 46.4 Å². The number of hydrogen-bond acceptors (Lipinski definition) is 9. The van der Waals surface area contributed by atoms with Gasteiger partial charge in [0.2, 0.25) is 5.75 Å². The van der Waals surface area contributed by atoms with E-state index in [1.165, 1.54) is 37.4 Å². The van der Waals surface area contributed by atoms with Gasteiger partial charge in [-0.2, -0.15) is 5.26 Å². The average molecular weight is 648 g/mol. The van der Waals surface area contributed by atoms with E-state index in [2.05, 4.69) is 24.9 Å². The zero-order valence-electron chi connectivity index (χ0n) is 28.8. The van der Waals surface area contributed by atoms with Crippen LogP contribution in [0.4, 0.5) is 5.69 Å². The lowest BCUT2D eigenvalue weighted by molar-refractivity contribution is -0.143. The summed E-state index contributed by atoms with van der Waals surface area (Å²) in [4.78, 5) is 26.5. The molecule has 47 heavy (non-hydrogen) atoms. The van der Waals surface area contributed by atoms with Gasteiger partial charge < -0.3 is 33.6 Å². The fraction of sp³-hybridized carbons (Fsp3) is 0.486. The molecule has 0 fully saturated rings. The van der Waals surface area contributed by atoms with Gasteiger partial charge in [-0.15, -0.1) is 6.58 Å². The summed E-state index contributed by atoms with van der Waals surface area (Å²) in [5.41, 5.74) is 3.59. The molecule has 0 saturated heterocycles. The second-order valence-electron chi connectivity index (χ2n) is 11.1. The van der Waals surface area contributed by atoms with Crippen LogP contribution in [0.15, 0.2) is 30.9 Å². The van der Waals surface area contributed by atoms with Crippen LogP contribution in [-0.2, 0) is 27.2 Å².